The Labute approximate surface area is 116 Å². The van der Waals surface area contributed by atoms with Gasteiger partial charge in [-0.2, -0.15) is 0 Å². The molecule has 0 radical (unpaired) electrons. The van der Waals surface area contributed by atoms with Crippen molar-refractivity contribution in [2.24, 2.45) is 11.8 Å². The second-order valence-corrected chi connectivity index (χ2v) is 5.63. The second kappa shape index (κ2) is 6.05. The van der Waals surface area contributed by atoms with Gasteiger partial charge in [0.15, 0.2) is 0 Å². The zero-order valence-corrected chi connectivity index (χ0v) is 11.9. The largest absolute Gasteiger partial charge is 0.316 e. The second-order valence-electron chi connectivity index (χ2n) is 5.63. The van der Waals surface area contributed by atoms with Gasteiger partial charge < -0.3 is 5.32 Å². The fourth-order valence-corrected chi connectivity index (χ4v) is 3.28. The molecule has 0 saturated carbocycles. The van der Waals surface area contributed by atoms with Gasteiger partial charge in [-0.3, -0.25) is 4.90 Å². The average Bonchev–Trinajstić information content (AvgIpc) is 2.79. The molecule has 2 aliphatic rings. The van der Waals surface area contributed by atoms with Gasteiger partial charge in [0.2, 0.25) is 0 Å². The van der Waals surface area contributed by atoms with Gasteiger partial charge in [0, 0.05) is 13.1 Å². The van der Waals surface area contributed by atoms with E-state index in [9.17, 15) is 0 Å². The van der Waals surface area contributed by atoms with Gasteiger partial charge in [-0.15, -0.1) is 12.4 Å². The Bertz CT molecular complexity index is 394. The first-order valence-corrected chi connectivity index (χ1v) is 6.80. The quantitative estimate of drug-likeness (QED) is 0.885. The fourth-order valence-electron chi connectivity index (χ4n) is 3.28. The lowest BCUT2D eigenvalue weighted by Crippen LogP contribution is -2.39. The molecule has 2 nitrogen and oxygen atoms in total. The Morgan fingerprint density at radius 3 is 2.83 bits per heavy atom. The lowest BCUT2D eigenvalue weighted by Gasteiger charge is -2.34. The van der Waals surface area contributed by atoms with Crippen LogP contribution in [-0.2, 0) is 6.54 Å². The summed E-state index contributed by atoms with van der Waals surface area (Å²) in [7, 11) is 0. The van der Waals surface area contributed by atoms with Crippen molar-refractivity contribution in [3.8, 4) is 0 Å². The molecule has 2 heterocycles. The Kier molecular flexibility index (Phi) is 4.66. The van der Waals surface area contributed by atoms with Crippen molar-refractivity contribution < 1.29 is 0 Å². The van der Waals surface area contributed by atoms with E-state index in [0.717, 1.165) is 18.4 Å². The number of piperidine rings is 1. The summed E-state index contributed by atoms with van der Waals surface area (Å²) in [5, 5.41) is 3.53. The number of nitrogens with zero attached hydrogens (tertiary/aromatic N) is 1. The van der Waals surface area contributed by atoms with Gasteiger partial charge in [-0.05, 0) is 55.9 Å². The summed E-state index contributed by atoms with van der Waals surface area (Å²) in [6, 6.07) is 8.78. The van der Waals surface area contributed by atoms with Crippen molar-refractivity contribution in [3.05, 3.63) is 35.4 Å². The smallest absolute Gasteiger partial charge is 0.0236 e. The minimum Gasteiger partial charge on any atom is -0.316 e. The molecule has 0 amide bonds. The first kappa shape index (κ1) is 13.9. The molecule has 0 spiro atoms. The third-order valence-electron chi connectivity index (χ3n) is 4.44. The minimum atomic E-state index is 0. The number of halogens is 1. The molecule has 2 unspecified atom stereocenters. The van der Waals surface area contributed by atoms with Crippen LogP contribution in [0, 0.1) is 18.8 Å². The molecule has 0 aromatic heterocycles. The number of nitrogens with one attached hydrogen (secondary N) is 1. The minimum absolute atomic E-state index is 0. The molecule has 3 heteroatoms. The first-order valence-electron chi connectivity index (χ1n) is 6.80. The molecule has 0 aliphatic carbocycles. The van der Waals surface area contributed by atoms with E-state index in [1.807, 2.05) is 0 Å². The summed E-state index contributed by atoms with van der Waals surface area (Å²) in [5.74, 6) is 1.84. The van der Waals surface area contributed by atoms with Gasteiger partial charge in [0.05, 0.1) is 0 Å². The van der Waals surface area contributed by atoms with Gasteiger partial charge in [-0.25, -0.2) is 0 Å². The van der Waals surface area contributed by atoms with Gasteiger partial charge in [-0.1, -0.05) is 24.3 Å². The van der Waals surface area contributed by atoms with E-state index < -0.39 is 0 Å². The van der Waals surface area contributed by atoms with Gasteiger partial charge in [0.25, 0.3) is 0 Å². The molecular weight excluding hydrogens is 244 g/mol. The van der Waals surface area contributed by atoms with Gasteiger partial charge in [0.1, 0.15) is 0 Å². The average molecular weight is 267 g/mol. The summed E-state index contributed by atoms with van der Waals surface area (Å²) in [5.41, 5.74) is 2.93. The van der Waals surface area contributed by atoms with Crippen molar-refractivity contribution in [2.45, 2.75) is 19.9 Å². The third-order valence-corrected chi connectivity index (χ3v) is 4.44. The van der Waals surface area contributed by atoms with Crippen LogP contribution in [-0.4, -0.2) is 31.1 Å². The van der Waals surface area contributed by atoms with E-state index in [-0.39, 0.29) is 12.4 Å². The number of fused-ring (bicyclic) bond motifs is 1. The summed E-state index contributed by atoms with van der Waals surface area (Å²) >= 11 is 0. The molecule has 0 bridgehead atoms. The standard InChI is InChI=1S/C15H22N2.ClH/c1-12-4-2-3-5-14(12)10-17-7-6-13-8-16-9-15(13)11-17;/h2-5,13,15-16H,6-11H2,1H3;1H. The SMILES string of the molecule is Cc1ccccc1CN1CCC2CNCC2C1.Cl. The Balaban J connectivity index is 0.00000120. The summed E-state index contributed by atoms with van der Waals surface area (Å²) in [6.07, 6.45) is 1.38. The van der Waals surface area contributed by atoms with Crippen molar-refractivity contribution >= 4 is 12.4 Å². The van der Waals surface area contributed by atoms with Crippen molar-refractivity contribution in [1.29, 1.82) is 0 Å². The highest BCUT2D eigenvalue weighted by Crippen LogP contribution is 2.27. The summed E-state index contributed by atoms with van der Waals surface area (Å²) < 4.78 is 0. The van der Waals surface area contributed by atoms with Crippen LogP contribution in [0.1, 0.15) is 17.5 Å². The van der Waals surface area contributed by atoms with Crippen LogP contribution in [0.25, 0.3) is 0 Å². The van der Waals surface area contributed by atoms with Crippen LogP contribution in [0.15, 0.2) is 24.3 Å². The van der Waals surface area contributed by atoms with Crippen molar-refractivity contribution in [3.63, 3.8) is 0 Å². The van der Waals surface area contributed by atoms with E-state index >= 15 is 0 Å². The molecule has 1 aromatic rings. The molecule has 2 saturated heterocycles. The lowest BCUT2D eigenvalue weighted by molar-refractivity contribution is 0.142. The maximum atomic E-state index is 3.53. The van der Waals surface area contributed by atoms with Crippen LogP contribution >= 0.6 is 12.4 Å². The van der Waals surface area contributed by atoms with E-state index in [4.69, 9.17) is 0 Å². The van der Waals surface area contributed by atoms with Crippen LogP contribution in [0.3, 0.4) is 0 Å². The van der Waals surface area contributed by atoms with Crippen molar-refractivity contribution in [2.75, 3.05) is 26.2 Å². The maximum absolute atomic E-state index is 3.53. The maximum Gasteiger partial charge on any atom is 0.0236 e. The summed E-state index contributed by atoms with van der Waals surface area (Å²) in [6.45, 7) is 8.40. The van der Waals surface area contributed by atoms with Crippen molar-refractivity contribution in [1.82, 2.24) is 10.2 Å². The first-order chi connectivity index (χ1) is 8.33. The van der Waals surface area contributed by atoms with E-state index in [2.05, 4.69) is 41.4 Å². The normalized spacial score (nSPS) is 27.6. The monoisotopic (exact) mass is 266 g/mol. The Morgan fingerprint density at radius 1 is 1.22 bits per heavy atom. The van der Waals surface area contributed by atoms with Crippen LogP contribution in [0.5, 0.6) is 0 Å². The number of benzene rings is 1. The number of hydrogen-bond acceptors (Lipinski definition) is 2. The number of rotatable bonds is 2. The third kappa shape index (κ3) is 2.87. The Hall–Kier alpha value is -0.570. The molecule has 2 atom stereocenters. The molecule has 100 valence electrons. The Morgan fingerprint density at radius 2 is 2.00 bits per heavy atom. The topological polar surface area (TPSA) is 15.3 Å². The molecule has 3 rings (SSSR count). The summed E-state index contributed by atoms with van der Waals surface area (Å²) in [4.78, 5) is 2.64. The number of likely N-dealkylation sites (tertiary alicyclic amines) is 1. The highest BCUT2D eigenvalue weighted by Gasteiger charge is 2.32. The fraction of sp³-hybridized carbons (Fsp3) is 0.600. The predicted octanol–water partition coefficient (Wildman–Crippen LogP) is 2.46. The molecule has 1 N–H and O–H groups in total. The molecular formula is C15H23ClN2. The van der Waals surface area contributed by atoms with Crippen LogP contribution in [0.4, 0.5) is 0 Å². The lowest BCUT2D eigenvalue weighted by atomic mass is 9.88. The van der Waals surface area contributed by atoms with Crippen LogP contribution < -0.4 is 5.32 Å². The van der Waals surface area contributed by atoms with E-state index in [0.29, 0.717) is 0 Å². The molecule has 2 aliphatic heterocycles. The predicted molar refractivity (Wildman–Crippen MR) is 78.2 cm³/mol. The molecule has 1 aromatic carbocycles. The highest BCUT2D eigenvalue weighted by molar-refractivity contribution is 5.85. The van der Waals surface area contributed by atoms with Crippen LogP contribution in [0.2, 0.25) is 0 Å². The molecule has 2 fully saturated rings. The van der Waals surface area contributed by atoms with Gasteiger partial charge >= 0.3 is 0 Å². The number of aryl methyl sites for hydroxylation is 1. The highest BCUT2D eigenvalue weighted by atomic mass is 35.5. The number of hydrogen-bond donors (Lipinski definition) is 1. The molecule has 18 heavy (non-hydrogen) atoms. The van der Waals surface area contributed by atoms with E-state index in [1.54, 1.807) is 0 Å². The zero-order valence-electron chi connectivity index (χ0n) is 11.1. The van der Waals surface area contributed by atoms with E-state index in [1.165, 1.54) is 43.7 Å². The zero-order chi connectivity index (χ0) is 11.7.